The van der Waals surface area contributed by atoms with E-state index in [0.29, 0.717) is 0 Å². The van der Waals surface area contributed by atoms with Crippen molar-refractivity contribution in [3.8, 4) is 0 Å². The number of nitrogens with two attached hydrogens (primary N) is 1. The van der Waals surface area contributed by atoms with Crippen LogP contribution < -0.4 is 5.73 Å². The Labute approximate surface area is 115 Å². The lowest BCUT2D eigenvalue weighted by Crippen LogP contribution is -2.36. The number of nitro groups is 1. The van der Waals surface area contributed by atoms with E-state index in [2.05, 4.69) is 0 Å². The molecule has 1 aromatic carbocycles. The molecule has 0 radical (unpaired) electrons. The molecule has 110 valence electrons. The summed E-state index contributed by atoms with van der Waals surface area (Å²) >= 11 is 0. The van der Waals surface area contributed by atoms with Crippen LogP contribution in [0, 0.1) is 10.1 Å². The maximum absolute atomic E-state index is 12.1. The number of aliphatic hydroxyl groups is 1. The number of ether oxygens (including phenoxy) is 1. The van der Waals surface area contributed by atoms with Crippen LogP contribution in [0.15, 0.2) is 18.2 Å². The number of aliphatic hydroxyl groups excluding tert-OH is 1. The average molecular weight is 283 g/mol. The van der Waals surface area contributed by atoms with E-state index < -0.39 is 11.0 Å². The molecule has 0 aliphatic heterocycles. The van der Waals surface area contributed by atoms with E-state index in [1.54, 1.807) is 0 Å². The van der Waals surface area contributed by atoms with Crippen LogP contribution in [0.3, 0.4) is 0 Å². The predicted molar refractivity (Wildman–Crippen MR) is 72.4 cm³/mol. The molecule has 0 heterocycles. The van der Waals surface area contributed by atoms with Gasteiger partial charge in [-0.1, -0.05) is 0 Å². The number of nitrogen functional groups attached to an aromatic ring is 1. The van der Waals surface area contributed by atoms with Crippen molar-refractivity contribution in [1.29, 1.82) is 0 Å². The molecule has 8 heteroatoms. The SMILES string of the molecule is COCC(O)CN(C)C(=O)c1ccc([N+](=O)[O-])c(N)c1. The second-order valence-electron chi connectivity index (χ2n) is 4.33. The number of nitrogens with zero attached hydrogens (tertiary/aromatic N) is 2. The van der Waals surface area contributed by atoms with Crippen molar-refractivity contribution in [2.24, 2.45) is 0 Å². The van der Waals surface area contributed by atoms with Gasteiger partial charge in [-0.05, 0) is 12.1 Å². The molecular formula is C12H17N3O5. The Morgan fingerprint density at radius 1 is 1.60 bits per heavy atom. The van der Waals surface area contributed by atoms with Gasteiger partial charge < -0.3 is 20.5 Å². The summed E-state index contributed by atoms with van der Waals surface area (Å²) in [6, 6.07) is 3.76. The highest BCUT2D eigenvalue weighted by Gasteiger charge is 2.18. The van der Waals surface area contributed by atoms with Crippen LogP contribution >= 0.6 is 0 Å². The Bertz CT molecular complexity index is 506. The fraction of sp³-hybridized carbons (Fsp3) is 0.417. The van der Waals surface area contributed by atoms with Gasteiger partial charge in [0, 0.05) is 32.3 Å². The van der Waals surface area contributed by atoms with E-state index in [4.69, 9.17) is 10.5 Å². The lowest BCUT2D eigenvalue weighted by molar-refractivity contribution is -0.383. The molecule has 0 bridgehead atoms. The van der Waals surface area contributed by atoms with Crippen molar-refractivity contribution in [2.45, 2.75) is 6.10 Å². The van der Waals surface area contributed by atoms with Gasteiger partial charge in [0.15, 0.2) is 0 Å². The average Bonchev–Trinajstić information content (AvgIpc) is 2.37. The molecular weight excluding hydrogens is 266 g/mol. The highest BCUT2D eigenvalue weighted by molar-refractivity contribution is 5.95. The molecule has 0 saturated heterocycles. The number of likely N-dealkylation sites (N-methyl/N-ethyl adjacent to an activating group) is 1. The van der Waals surface area contributed by atoms with E-state index in [-0.39, 0.29) is 36.0 Å². The minimum atomic E-state index is -0.802. The van der Waals surface area contributed by atoms with E-state index >= 15 is 0 Å². The van der Waals surface area contributed by atoms with Gasteiger partial charge in [0.25, 0.3) is 11.6 Å². The third-order valence-electron chi connectivity index (χ3n) is 2.66. The lowest BCUT2D eigenvalue weighted by Gasteiger charge is -2.20. The van der Waals surface area contributed by atoms with E-state index in [1.807, 2.05) is 0 Å². The highest BCUT2D eigenvalue weighted by atomic mass is 16.6. The van der Waals surface area contributed by atoms with Gasteiger partial charge in [0.05, 0.1) is 17.6 Å². The molecule has 1 atom stereocenters. The number of carbonyl (C=O) groups excluding carboxylic acids is 1. The zero-order valence-corrected chi connectivity index (χ0v) is 11.3. The van der Waals surface area contributed by atoms with E-state index in [0.717, 1.165) is 0 Å². The number of nitro benzene ring substituents is 1. The monoisotopic (exact) mass is 283 g/mol. The first-order valence-electron chi connectivity index (χ1n) is 5.83. The molecule has 0 fully saturated rings. The van der Waals surface area contributed by atoms with E-state index in [9.17, 15) is 20.0 Å². The third-order valence-corrected chi connectivity index (χ3v) is 2.66. The highest BCUT2D eigenvalue weighted by Crippen LogP contribution is 2.22. The van der Waals surface area contributed by atoms with Crippen LogP contribution in [0.1, 0.15) is 10.4 Å². The molecule has 8 nitrogen and oxygen atoms in total. The molecule has 3 N–H and O–H groups in total. The Balaban J connectivity index is 2.82. The Kier molecular flexibility index (Phi) is 5.42. The first kappa shape index (κ1) is 15.9. The van der Waals surface area contributed by atoms with Crippen molar-refractivity contribution in [1.82, 2.24) is 4.90 Å². The number of benzene rings is 1. The summed E-state index contributed by atoms with van der Waals surface area (Å²) in [6.45, 7) is 0.198. The number of hydrogen-bond acceptors (Lipinski definition) is 6. The van der Waals surface area contributed by atoms with Crippen LogP contribution in [0.5, 0.6) is 0 Å². The maximum atomic E-state index is 12.1. The summed E-state index contributed by atoms with van der Waals surface area (Å²) in [4.78, 5) is 23.4. The lowest BCUT2D eigenvalue weighted by atomic mass is 10.1. The fourth-order valence-corrected chi connectivity index (χ4v) is 1.72. The molecule has 0 spiro atoms. The van der Waals surface area contributed by atoms with Gasteiger partial charge in [-0.15, -0.1) is 0 Å². The van der Waals surface area contributed by atoms with Crippen LogP contribution in [-0.4, -0.2) is 54.3 Å². The van der Waals surface area contributed by atoms with Gasteiger partial charge in [-0.25, -0.2) is 0 Å². The third kappa shape index (κ3) is 3.90. The Morgan fingerprint density at radius 2 is 2.25 bits per heavy atom. The predicted octanol–water partition coefficient (Wildman–Crippen LogP) is 0.256. The fourth-order valence-electron chi connectivity index (χ4n) is 1.72. The van der Waals surface area contributed by atoms with Crippen LogP contribution in [0.2, 0.25) is 0 Å². The molecule has 0 saturated carbocycles. The standard InChI is InChI=1S/C12H17N3O5/c1-14(6-9(16)7-20-2)12(17)8-3-4-11(15(18)19)10(13)5-8/h3-5,9,16H,6-7,13H2,1-2H3. The summed E-state index contributed by atoms with van der Waals surface area (Å²) in [5.74, 6) is -0.387. The molecule has 0 aliphatic carbocycles. The number of amides is 1. The van der Waals surface area contributed by atoms with Gasteiger partial charge in [0.1, 0.15) is 5.69 Å². The normalized spacial score (nSPS) is 11.9. The minimum Gasteiger partial charge on any atom is -0.393 e. The van der Waals surface area contributed by atoms with Crippen LogP contribution in [0.25, 0.3) is 0 Å². The van der Waals surface area contributed by atoms with Crippen LogP contribution in [0.4, 0.5) is 11.4 Å². The van der Waals surface area contributed by atoms with Crippen molar-refractivity contribution in [3.63, 3.8) is 0 Å². The summed E-state index contributed by atoms with van der Waals surface area (Å²) < 4.78 is 4.77. The summed E-state index contributed by atoms with van der Waals surface area (Å²) in [6.07, 6.45) is -0.802. The summed E-state index contributed by atoms with van der Waals surface area (Å²) in [7, 11) is 2.96. The van der Waals surface area contributed by atoms with Crippen molar-refractivity contribution in [2.75, 3.05) is 33.0 Å². The second-order valence-corrected chi connectivity index (χ2v) is 4.33. The second kappa shape index (κ2) is 6.83. The number of anilines is 1. The zero-order chi connectivity index (χ0) is 15.3. The Morgan fingerprint density at radius 3 is 2.75 bits per heavy atom. The minimum absolute atomic E-state index is 0.0771. The number of methoxy groups -OCH3 is 1. The smallest absolute Gasteiger partial charge is 0.292 e. The largest absolute Gasteiger partial charge is 0.393 e. The summed E-state index contributed by atoms with van der Waals surface area (Å²) in [5.41, 5.74) is 5.43. The van der Waals surface area contributed by atoms with Gasteiger partial charge in [-0.3, -0.25) is 14.9 Å². The number of hydrogen-bond donors (Lipinski definition) is 2. The molecule has 1 amide bonds. The molecule has 1 rings (SSSR count). The maximum Gasteiger partial charge on any atom is 0.292 e. The van der Waals surface area contributed by atoms with Gasteiger partial charge in [0.2, 0.25) is 0 Å². The van der Waals surface area contributed by atoms with Crippen molar-refractivity contribution in [3.05, 3.63) is 33.9 Å². The first-order chi connectivity index (χ1) is 9.36. The van der Waals surface area contributed by atoms with Crippen molar-refractivity contribution >= 4 is 17.3 Å². The summed E-state index contributed by atoms with van der Waals surface area (Å²) in [5, 5.41) is 20.2. The first-order valence-corrected chi connectivity index (χ1v) is 5.83. The number of rotatable bonds is 6. The van der Waals surface area contributed by atoms with Crippen LogP contribution in [-0.2, 0) is 4.74 Å². The number of carbonyl (C=O) groups is 1. The molecule has 0 aromatic heterocycles. The van der Waals surface area contributed by atoms with Gasteiger partial charge in [-0.2, -0.15) is 0 Å². The zero-order valence-electron chi connectivity index (χ0n) is 11.3. The molecule has 1 aromatic rings. The Hall–Kier alpha value is -2.19. The molecule has 0 aliphatic rings. The topological polar surface area (TPSA) is 119 Å². The van der Waals surface area contributed by atoms with Crippen molar-refractivity contribution < 1.29 is 19.6 Å². The quantitative estimate of drug-likeness (QED) is 0.439. The van der Waals surface area contributed by atoms with E-state index in [1.165, 1.54) is 37.3 Å². The molecule has 1 unspecified atom stereocenters. The molecule has 20 heavy (non-hydrogen) atoms. The van der Waals surface area contributed by atoms with Gasteiger partial charge >= 0.3 is 0 Å².